The van der Waals surface area contributed by atoms with Crippen LogP contribution in [0.3, 0.4) is 0 Å². The van der Waals surface area contributed by atoms with E-state index in [4.69, 9.17) is 2.74 Å². The third-order valence-electron chi connectivity index (χ3n) is 6.79. The summed E-state index contributed by atoms with van der Waals surface area (Å²) in [5, 5.41) is 2.78. The number of anilines is 2. The van der Waals surface area contributed by atoms with Gasteiger partial charge in [0.1, 0.15) is 11.5 Å². The number of alkyl halides is 2. The van der Waals surface area contributed by atoms with Crippen molar-refractivity contribution in [3.8, 4) is 0 Å². The van der Waals surface area contributed by atoms with Gasteiger partial charge in [-0.1, -0.05) is 6.07 Å². The third kappa shape index (κ3) is 6.07. The van der Waals surface area contributed by atoms with Crippen LogP contribution in [0.25, 0.3) is 0 Å². The number of nitrogens with zero attached hydrogens (tertiary/aromatic N) is 5. The topological polar surface area (TPSA) is 64.6 Å². The van der Waals surface area contributed by atoms with Gasteiger partial charge in [0.2, 0.25) is 0 Å². The molecule has 0 aromatic carbocycles. The van der Waals surface area contributed by atoms with E-state index in [0.717, 1.165) is 19.8 Å². The van der Waals surface area contributed by atoms with Crippen LogP contribution in [0.2, 0.25) is 0 Å². The molecule has 0 radical (unpaired) electrons. The van der Waals surface area contributed by atoms with E-state index in [0.29, 0.717) is 44.2 Å². The maximum atomic E-state index is 13.8. The number of halogens is 2. The Morgan fingerprint density at radius 2 is 1.88 bits per heavy atom. The molecule has 0 spiro atoms. The molecule has 0 unspecified atom stereocenters. The van der Waals surface area contributed by atoms with E-state index in [2.05, 4.69) is 20.2 Å². The van der Waals surface area contributed by atoms with Crippen molar-refractivity contribution in [1.29, 1.82) is 0 Å². The molecule has 2 saturated heterocycles. The first-order chi connectivity index (χ1) is 17.0. The molecule has 4 rings (SSSR count). The lowest BCUT2D eigenvalue weighted by atomic mass is 10.00. The molecule has 2 fully saturated rings. The molecule has 1 atom stereocenters. The molecule has 1 N–H and O–H groups in total. The Bertz CT molecular complexity index is 1030. The molecule has 184 valence electrons. The average Bonchev–Trinajstić information content (AvgIpc) is 3.01. The fourth-order valence-electron chi connectivity index (χ4n) is 4.60. The summed E-state index contributed by atoms with van der Waals surface area (Å²) in [6.45, 7) is 3.77. The zero-order valence-corrected chi connectivity index (χ0v) is 19.8. The molecule has 2 aromatic rings. The molecular formula is C25H34F2N6O. The SMILES string of the molecule is [2H]C1([2H])CCN(C2CCN([C@@H](C)C(C)(F)F)CC2)CCN1c1cccc(C(=O)Nc2ccncc2)n1. The van der Waals surface area contributed by atoms with Gasteiger partial charge >= 0.3 is 0 Å². The Labute approximate surface area is 203 Å². The van der Waals surface area contributed by atoms with Crippen molar-refractivity contribution in [3.05, 3.63) is 48.4 Å². The largest absolute Gasteiger partial charge is 0.355 e. The fraction of sp³-hybridized carbons (Fsp3) is 0.560. The van der Waals surface area contributed by atoms with Gasteiger partial charge in [0.25, 0.3) is 11.8 Å². The van der Waals surface area contributed by atoms with Crippen molar-refractivity contribution in [3.63, 3.8) is 0 Å². The summed E-state index contributed by atoms with van der Waals surface area (Å²) in [6, 6.07) is 7.85. The van der Waals surface area contributed by atoms with E-state index < -0.39 is 18.5 Å². The molecule has 2 aliphatic rings. The van der Waals surface area contributed by atoms with E-state index in [9.17, 15) is 13.6 Å². The van der Waals surface area contributed by atoms with E-state index in [-0.39, 0.29) is 24.1 Å². The number of pyridine rings is 2. The highest BCUT2D eigenvalue weighted by atomic mass is 19.3. The van der Waals surface area contributed by atoms with Crippen molar-refractivity contribution in [2.24, 2.45) is 0 Å². The summed E-state index contributed by atoms with van der Waals surface area (Å²) >= 11 is 0. The molecule has 1 amide bonds. The second kappa shape index (κ2) is 10.7. The summed E-state index contributed by atoms with van der Waals surface area (Å²) in [7, 11) is 0. The van der Waals surface area contributed by atoms with Gasteiger partial charge < -0.3 is 10.2 Å². The monoisotopic (exact) mass is 474 g/mol. The smallest absolute Gasteiger partial charge is 0.274 e. The quantitative estimate of drug-likeness (QED) is 0.688. The normalized spacial score (nSPS) is 22.4. The summed E-state index contributed by atoms with van der Waals surface area (Å²) < 4.78 is 44.9. The highest BCUT2D eigenvalue weighted by molar-refractivity contribution is 6.03. The van der Waals surface area contributed by atoms with Gasteiger partial charge in [-0.2, -0.15) is 0 Å². The number of carbonyl (C=O) groups excluding carboxylic acids is 1. The zero-order chi connectivity index (χ0) is 25.9. The Morgan fingerprint density at radius 3 is 2.59 bits per heavy atom. The first-order valence-corrected chi connectivity index (χ1v) is 11.9. The first-order valence-electron chi connectivity index (χ1n) is 12.9. The van der Waals surface area contributed by atoms with E-state index >= 15 is 0 Å². The molecule has 2 aromatic heterocycles. The highest BCUT2D eigenvalue weighted by Gasteiger charge is 2.37. The maximum Gasteiger partial charge on any atom is 0.274 e. The van der Waals surface area contributed by atoms with Crippen molar-refractivity contribution in [1.82, 2.24) is 19.8 Å². The lowest BCUT2D eigenvalue weighted by Crippen LogP contribution is -2.52. The van der Waals surface area contributed by atoms with Crippen molar-refractivity contribution >= 4 is 17.4 Å². The van der Waals surface area contributed by atoms with Crippen LogP contribution >= 0.6 is 0 Å². The number of likely N-dealkylation sites (tertiary alicyclic amines) is 1. The highest BCUT2D eigenvalue weighted by Crippen LogP contribution is 2.27. The third-order valence-corrected chi connectivity index (χ3v) is 6.79. The predicted molar refractivity (Wildman–Crippen MR) is 130 cm³/mol. The molecule has 0 saturated carbocycles. The number of hydrogen-bond acceptors (Lipinski definition) is 6. The van der Waals surface area contributed by atoms with Crippen LogP contribution in [0.1, 0.15) is 46.3 Å². The van der Waals surface area contributed by atoms with Crippen LogP contribution in [0.4, 0.5) is 20.3 Å². The van der Waals surface area contributed by atoms with Crippen LogP contribution < -0.4 is 10.2 Å². The standard InChI is InChI=1S/C25H34F2N6O/c1-19(25(2,26)27)31-15-9-21(10-16-31)32-13-4-14-33(18-17-32)23-6-3-5-22(30-23)24(34)29-20-7-11-28-12-8-20/h3,5-8,11-12,19,21H,4,9-10,13-18H2,1-2H3,(H,28,29,34)/t19-/m0/s1/i14D2. The first kappa shape index (κ1) is 21.9. The molecule has 0 bridgehead atoms. The molecule has 4 heterocycles. The van der Waals surface area contributed by atoms with Crippen LogP contribution in [0.5, 0.6) is 0 Å². The number of rotatable bonds is 6. The lowest BCUT2D eigenvalue weighted by Gasteiger charge is -2.41. The molecule has 34 heavy (non-hydrogen) atoms. The minimum Gasteiger partial charge on any atom is -0.355 e. The second-order valence-corrected chi connectivity index (χ2v) is 9.07. The Kier molecular flexibility index (Phi) is 6.90. The minimum absolute atomic E-state index is 0.204. The number of amides is 1. The number of piperidine rings is 1. The maximum absolute atomic E-state index is 13.8. The average molecular weight is 475 g/mol. The van der Waals surface area contributed by atoms with Crippen LogP contribution in [0, 0.1) is 0 Å². The molecule has 9 heteroatoms. The second-order valence-electron chi connectivity index (χ2n) is 9.07. The summed E-state index contributed by atoms with van der Waals surface area (Å²) in [5.41, 5.74) is 0.807. The van der Waals surface area contributed by atoms with Gasteiger partial charge in [0, 0.05) is 73.0 Å². The van der Waals surface area contributed by atoms with Crippen LogP contribution in [-0.4, -0.2) is 82.9 Å². The summed E-state index contributed by atoms with van der Waals surface area (Å²) in [4.78, 5) is 26.9. The van der Waals surface area contributed by atoms with Gasteiger partial charge in [0.15, 0.2) is 0 Å². The Hall–Kier alpha value is -2.65. The van der Waals surface area contributed by atoms with Crippen LogP contribution in [0.15, 0.2) is 42.7 Å². The van der Waals surface area contributed by atoms with Crippen molar-refractivity contribution in [2.45, 2.75) is 51.1 Å². The van der Waals surface area contributed by atoms with Gasteiger partial charge in [0.05, 0.1) is 6.04 Å². The van der Waals surface area contributed by atoms with Crippen LogP contribution in [-0.2, 0) is 0 Å². The number of hydrogen-bond donors (Lipinski definition) is 1. The number of nitrogens with one attached hydrogen (secondary N) is 1. The molecular weight excluding hydrogens is 438 g/mol. The predicted octanol–water partition coefficient (Wildman–Crippen LogP) is 3.75. The number of carbonyl (C=O) groups is 1. The summed E-state index contributed by atoms with van der Waals surface area (Å²) in [5.74, 6) is -2.69. The zero-order valence-electron chi connectivity index (χ0n) is 21.8. The van der Waals surface area contributed by atoms with Crippen molar-refractivity contribution < 1.29 is 16.3 Å². The minimum atomic E-state index is -2.73. The van der Waals surface area contributed by atoms with E-state index in [1.54, 1.807) is 54.5 Å². The Morgan fingerprint density at radius 1 is 1.15 bits per heavy atom. The van der Waals surface area contributed by atoms with Gasteiger partial charge in [-0.05, 0) is 50.5 Å². The summed E-state index contributed by atoms with van der Waals surface area (Å²) in [6.07, 6.45) is 5.02. The lowest BCUT2D eigenvalue weighted by molar-refractivity contribution is -0.0692. The molecule has 7 nitrogen and oxygen atoms in total. The van der Waals surface area contributed by atoms with Gasteiger partial charge in [-0.3, -0.25) is 19.6 Å². The molecule has 2 aliphatic heterocycles. The fourth-order valence-corrected chi connectivity index (χ4v) is 4.60. The van der Waals surface area contributed by atoms with Gasteiger partial charge in [-0.25, -0.2) is 13.8 Å². The van der Waals surface area contributed by atoms with E-state index in [1.165, 1.54) is 0 Å². The Balaban J connectivity index is 1.41. The molecule has 0 aliphatic carbocycles. The van der Waals surface area contributed by atoms with Gasteiger partial charge in [-0.15, -0.1) is 0 Å². The van der Waals surface area contributed by atoms with E-state index in [1.807, 2.05) is 4.90 Å². The number of aromatic nitrogens is 2. The van der Waals surface area contributed by atoms with Crippen molar-refractivity contribution in [2.75, 3.05) is 49.4 Å².